The molecular weight excluding hydrogens is 430 g/mol. The molecule has 8 nitrogen and oxygen atoms in total. The summed E-state index contributed by atoms with van der Waals surface area (Å²) in [5, 5.41) is 0. The van der Waals surface area contributed by atoms with Crippen LogP contribution in [-0.2, 0) is 28.4 Å². The molecule has 3 rings (SSSR count). The Morgan fingerprint density at radius 1 is 1.06 bits per heavy atom. The van der Waals surface area contributed by atoms with E-state index in [0.29, 0.717) is 16.8 Å². The van der Waals surface area contributed by atoms with Crippen LogP contribution in [-0.4, -0.2) is 30.9 Å². The minimum Gasteiger partial charge on any atom is -0.465 e. The Balaban J connectivity index is 1.79. The first-order chi connectivity index (χ1) is 15.1. The van der Waals surface area contributed by atoms with Crippen molar-refractivity contribution in [1.82, 2.24) is 14.1 Å². The zero-order valence-electron chi connectivity index (χ0n) is 18.7. The van der Waals surface area contributed by atoms with E-state index in [0.717, 1.165) is 11.3 Å². The molecule has 0 aliphatic rings. The highest BCUT2D eigenvalue weighted by atomic mass is 32.2. The van der Waals surface area contributed by atoms with Crippen molar-refractivity contribution in [2.45, 2.75) is 38.1 Å². The number of nitrogens with one attached hydrogen (secondary N) is 1. The lowest BCUT2D eigenvalue weighted by atomic mass is 10.0. The summed E-state index contributed by atoms with van der Waals surface area (Å²) < 4.78 is 35.9. The largest absolute Gasteiger partial charge is 0.465 e. The second-order valence-corrected chi connectivity index (χ2v) is 9.57. The molecule has 1 aromatic heterocycles. The van der Waals surface area contributed by atoms with Crippen LogP contribution in [0.25, 0.3) is 5.69 Å². The third kappa shape index (κ3) is 4.53. The van der Waals surface area contributed by atoms with Crippen molar-refractivity contribution in [3.8, 4) is 5.69 Å². The molecule has 0 saturated heterocycles. The Labute approximate surface area is 187 Å². The maximum atomic E-state index is 12.9. The van der Waals surface area contributed by atoms with E-state index in [2.05, 4.69) is 9.46 Å². The quantitative estimate of drug-likeness (QED) is 0.550. The molecule has 0 radical (unpaired) electrons. The summed E-state index contributed by atoms with van der Waals surface area (Å²) in [4.78, 5) is 24.5. The average Bonchev–Trinajstić information content (AvgIpc) is 3.00. The molecule has 1 N–H and O–H groups in total. The monoisotopic (exact) mass is 457 g/mol. The number of methoxy groups -OCH3 is 1. The number of carbonyl (C=O) groups excluding carboxylic acids is 1. The number of nitrogens with zero attached hydrogens (tertiary/aromatic N) is 2. The van der Waals surface area contributed by atoms with E-state index in [1.54, 1.807) is 48.1 Å². The van der Waals surface area contributed by atoms with Gasteiger partial charge in [-0.25, -0.2) is 22.6 Å². The summed E-state index contributed by atoms with van der Waals surface area (Å²) in [7, 11) is -0.655. The highest BCUT2D eigenvalue weighted by molar-refractivity contribution is 7.89. The molecule has 1 heterocycles. The SMILES string of the molecule is COC(=O)c1ccc(CNS(=O)(=O)c2ccc(-n3c(=O)c(C(C)C)c(C)n3C)cc2)cc1. The van der Waals surface area contributed by atoms with Crippen LogP contribution >= 0.6 is 0 Å². The molecule has 2 aromatic carbocycles. The van der Waals surface area contributed by atoms with Crippen LogP contribution < -0.4 is 10.3 Å². The summed E-state index contributed by atoms with van der Waals surface area (Å²) >= 11 is 0. The van der Waals surface area contributed by atoms with E-state index in [1.165, 1.54) is 23.9 Å². The zero-order chi connectivity index (χ0) is 23.6. The Bertz CT molecular complexity index is 1290. The number of hydrogen-bond donors (Lipinski definition) is 1. The molecule has 0 spiro atoms. The summed E-state index contributed by atoms with van der Waals surface area (Å²) in [6, 6.07) is 12.7. The molecule has 0 saturated carbocycles. The highest BCUT2D eigenvalue weighted by Gasteiger charge is 2.19. The van der Waals surface area contributed by atoms with Crippen molar-refractivity contribution >= 4 is 16.0 Å². The minimum atomic E-state index is -3.76. The van der Waals surface area contributed by atoms with E-state index < -0.39 is 16.0 Å². The molecular formula is C23H27N3O5S. The van der Waals surface area contributed by atoms with Crippen molar-refractivity contribution < 1.29 is 17.9 Å². The number of sulfonamides is 1. The summed E-state index contributed by atoms with van der Waals surface area (Å²) in [5.41, 5.74) is 3.19. The molecule has 0 atom stereocenters. The summed E-state index contributed by atoms with van der Waals surface area (Å²) in [6.45, 7) is 5.91. The average molecular weight is 458 g/mol. The van der Waals surface area contributed by atoms with Gasteiger partial charge in [-0.2, -0.15) is 0 Å². The third-order valence-electron chi connectivity index (χ3n) is 5.41. The normalized spacial score (nSPS) is 11.7. The van der Waals surface area contributed by atoms with Gasteiger partial charge in [0.25, 0.3) is 5.56 Å². The number of carbonyl (C=O) groups is 1. The first kappa shape index (κ1) is 23.5. The lowest BCUT2D eigenvalue weighted by Gasteiger charge is -2.11. The fourth-order valence-corrected chi connectivity index (χ4v) is 4.61. The molecule has 9 heteroatoms. The summed E-state index contributed by atoms with van der Waals surface area (Å²) in [5.74, 6) is -0.370. The van der Waals surface area contributed by atoms with Crippen LogP contribution in [0.4, 0.5) is 0 Å². The van der Waals surface area contributed by atoms with Crippen LogP contribution in [0.5, 0.6) is 0 Å². The van der Waals surface area contributed by atoms with Gasteiger partial charge < -0.3 is 4.74 Å². The van der Waals surface area contributed by atoms with Gasteiger partial charge in [0.2, 0.25) is 10.0 Å². The smallest absolute Gasteiger partial charge is 0.337 e. The molecule has 0 fully saturated rings. The van der Waals surface area contributed by atoms with Gasteiger partial charge in [-0.1, -0.05) is 26.0 Å². The maximum Gasteiger partial charge on any atom is 0.337 e. The van der Waals surface area contributed by atoms with Gasteiger partial charge in [-0.3, -0.25) is 9.48 Å². The van der Waals surface area contributed by atoms with Gasteiger partial charge in [0, 0.05) is 24.8 Å². The van der Waals surface area contributed by atoms with Crippen molar-refractivity contribution in [2.24, 2.45) is 7.05 Å². The van der Waals surface area contributed by atoms with Gasteiger partial charge in [-0.05, 0) is 54.8 Å². The molecule has 0 bridgehead atoms. The van der Waals surface area contributed by atoms with E-state index in [-0.39, 0.29) is 22.9 Å². The third-order valence-corrected chi connectivity index (χ3v) is 6.83. The van der Waals surface area contributed by atoms with Crippen molar-refractivity contribution in [2.75, 3.05) is 7.11 Å². The second kappa shape index (κ2) is 9.13. The van der Waals surface area contributed by atoms with Gasteiger partial charge >= 0.3 is 5.97 Å². The molecule has 32 heavy (non-hydrogen) atoms. The molecule has 170 valence electrons. The Morgan fingerprint density at radius 2 is 1.66 bits per heavy atom. The maximum absolute atomic E-state index is 12.9. The lowest BCUT2D eigenvalue weighted by molar-refractivity contribution is 0.0600. The van der Waals surface area contributed by atoms with Crippen molar-refractivity contribution in [1.29, 1.82) is 0 Å². The van der Waals surface area contributed by atoms with Crippen LogP contribution in [0.1, 0.15) is 46.9 Å². The number of benzene rings is 2. The van der Waals surface area contributed by atoms with Gasteiger partial charge in [0.1, 0.15) is 0 Å². The number of esters is 1. The molecule has 0 unspecified atom stereocenters. The number of hydrogen-bond acceptors (Lipinski definition) is 5. The first-order valence-electron chi connectivity index (χ1n) is 10.1. The number of ether oxygens (including phenoxy) is 1. The van der Waals surface area contributed by atoms with E-state index in [4.69, 9.17) is 0 Å². The molecule has 3 aromatic rings. The molecule has 0 aliphatic heterocycles. The first-order valence-corrected chi connectivity index (χ1v) is 11.6. The topological polar surface area (TPSA) is 99.4 Å². The Kier molecular flexibility index (Phi) is 6.71. The predicted octanol–water partition coefficient (Wildman–Crippen LogP) is 2.87. The number of aromatic nitrogens is 2. The van der Waals surface area contributed by atoms with Crippen LogP contribution in [0.2, 0.25) is 0 Å². The van der Waals surface area contributed by atoms with Gasteiger partial charge in [0.05, 0.1) is 23.3 Å². The Hall–Kier alpha value is -3.17. The minimum absolute atomic E-state index is 0.0692. The van der Waals surface area contributed by atoms with E-state index in [1.807, 2.05) is 20.8 Å². The fraction of sp³-hybridized carbons (Fsp3) is 0.304. The second-order valence-electron chi connectivity index (χ2n) is 7.80. The fourth-order valence-electron chi connectivity index (χ4n) is 3.59. The van der Waals surface area contributed by atoms with E-state index >= 15 is 0 Å². The van der Waals surface area contributed by atoms with Gasteiger partial charge in [-0.15, -0.1) is 0 Å². The molecule has 0 amide bonds. The van der Waals surface area contributed by atoms with E-state index in [9.17, 15) is 18.0 Å². The Morgan fingerprint density at radius 3 is 2.16 bits per heavy atom. The lowest BCUT2D eigenvalue weighted by Crippen LogP contribution is -2.24. The standard InChI is InChI=1S/C23H27N3O5S/c1-15(2)21-16(3)25(4)26(22(21)27)19-10-12-20(13-11-19)32(29,30)24-14-17-6-8-18(9-7-17)23(28)31-5/h6-13,15,24H,14H2,1-5H3. The van der Waals surface area contributed by atoms with Gasteiger partial charge in [0.15, 0.2) is 0 Å². The van der Waals surface area contributed by atoms with Crippen LogP contribution in [0.15, 0.2) is 58.2 Å². The van der Waals surface area contributed by atoms with Crippen molar-refractivity contribution in [3.63, 3.8) is 0 Å². The number of rotatable bonds is 7. The van der Waals surface area contributed by atoms with Crippen LogP contribution in [0, 0.1) is 6.92 Å². The summed E-state index contributed by atoms with van der Waals surface area (Å²) in [6.07, 6.45) is 0. The zero-order valence-corrected chi connectivity index (χ0v) is 19.6. The predicted molar refractivity (Wildman–Crippen MR) is 122 cm³/mol. The van der Waals surface area contributed by atoms with Crippen molar-refractivity contribution in [3.05, 3.63) is 81.3 Å². The molecule has 0 aliphatic carbocycles. The highest BCUT2D eigenvalue weighted by Crippen LogP contribution is 2.19. The van der Waals surface area contributed by atoms with Crippen LogP contribution in [0.3, 0.4) is 0 Å².